The summed E-state index contributed by atoms with van der Waals surface area (Å²) in [4.78, 5) is 4.90. The average Bonchev–Trinajstić information content (AvgIpc) is 2.64. The summed E-state index contributed by atoms with van der Waals surface area (Å²) in [6.07, 6.45) is 0. The Bertz CT molecular complexity index is 652. The molecule has 4 nitrogen and oxygen atoms in total. The number of nitrogens with zero attached hydrogens (tertiary/aromatic N) is 2. The zero-order valence-electron chi connectivity index (χ0n) is 14.6. The van der Waals surface area contributed by atoms with Gasteiger partial charge in [0.15, 0.2) is 0 Å². The van der Waals surface area contributed by atoms with E-state index in [1.54, 1.807) is 7.11 Å². The number of hydrogen-bond acceptors (Lipinski definition) is 4. The van der Waals surface area contributed by atoms with Crippen LogP contribution in [-0.2, 0) is 6.54 Å². The normalized spacial score (nSPS) is 15.3. The molecule has 128 valence electrons. The third kappa shape index (κ3) is 3.82. The van der Waals surface area contributed by atoms with Crippen molar-refractivity contribution in [2.45, 2.75) is 13.5 Å². The number of anilines is 1. The fraction of sp³-hybridized carbons (Fsp3) is 0.400. The Morgan fingerprint density at radius 3 is 2.25 bits per heavy atom. The first kappa shape index (κ1) is 16.7. The minimum absolute atomic E-state index is 0.699. The van der Waals surface area contributed by atoms with Gasteiger partial charge in [0.2, 0.25) is 0 Å². The van der Waals surface area contributed by atoms with Crippen molar-refractivity contribution in [2.75, 3.05) is 44.8 Å². The van der Waals surface area contributed by atoms with Gasteiger partial charge < -0.3 is 14.4 Å². The van der Waals surface area contributed by atoms with Crippen LogP contribution in [0.3, 0.4) is 0 Å². The standard InChI is InChI=1S/C20H26N2O2/c1-3-24-20-11-7-5-9-18(20)22-14-12-21(13-15-22)16-17-8-4-6-10-19(17)23-2/h4-11H,3,12-16H2,1-2H3. The van der Waals surface area contributed by atoms with Crippen LogP contribution in [0.1, 0.15) is 12.5 Å². The molecule has 3 rings (SSSR count). The van der Waals surface area contributed by atoms with Crippen LogP contribution in [0.4, 0.5) is 5.69 Å². The zero-order chi connectivity index (χ0) is 16.8. The van der Waals surface area contributed by atoms with Gasteiger partial charge in [0.25, 0.3) is 0 Å². The van der Waals surface area contributed by atoms with Crippen LogP contribution in [0.2, 0.25) is 0 Å². The van der Waals surface area contributed by atoms with E-state index in [0.29, 0.717) is 6.61 Å². The van der Waals surface area contributed by atoms with Crippen molar-refractivity contribution in [1.29, 1.82) is 0 Å². The molecule has 4 heteroatoms. The van der Waals surface area contributed by atoms with E-state index >= 15 is 0 Å². The van der Waals surface area contributed by atoms with Gasteiger partial charge in [0, 0.05) is 38.3 Å². The predicted molar refractivity (Wildman–Crippen MR) is 98.1 cm³/mol. The van der Waals surface area contributed by atoms with Gasteiger partial charge in [0.1, 0.15) is 11.5 Å². The molecular weight excluding hydrogens is 300 g/mol. The molecule has 0 aliphatic carbocycles. The lowest BCUT2D eigenvalue weighted by Crippen LogP contribution is -2.46. The molecule has 1 aliphatic heterocycles. The van der Waals surface area contributed by atoms with Crippen LogP contribution in [0, 0.1) is 0 Å². The third-order valence-corrected chi connectivity index (χ3v) is 4.46. The van der Waals surface area contributed by atoms with Crippen molar-refractivity contribution in [3.63, 3.8) is 0 Å². The van der Waals surface area contributed by atoms with E-state index in [0.717, 1.165) is 44.2 Å². The fourth-order valence-corrected chi connectivity index (χ4v) is 3.22. The summed E-state index contributed by atoms with van der Waals surface area (Å²) in [7, 11) is 1.74. The largest absolute Gasteiger partial charge is 0.496 e. The first-order chi connectivity index (χ1) is 11.8. The van der Waals surface area contributed by atoms with Crippen molar-refractivity contribution < 1.29 is 9.47 Å². The maximum absolute atomic E-state index is 5.77. The third-order valence-electron chi connectivity index (χ3n) is 4.46. The number of ether oxygens (including phenoxy) is 2. The van der Waals surface area contributed by atoms with Gasteiger partial charge >= 0.3 is 0 Å². The molecule has 0 saturated carbocycles. The van der Waals surface area contributed by atoms with Gasteiger partial charge in [-0.15, -0.1) is 0 Å². The Kier molecular flexibility index (Phi) is 5.59. The molecule has 1 saturated heterocycles. The summed E-state index contributed by atoms with van der Waals surface area (Å²) in [6, 6.07) is 16.6. The fourth-order valence-electron chi connectivity index (χ4n) is 3.22. The minimum Gasteiger partial charge on any atom is -0.496 e. The molecule has 0 spiro atoms. The Labute approximate surface area is 144 Å². The molecule has 24 heavy (non-hydrogen) atoms. The summed E-state index contributed by atoms with van der Waals surface area (Å²) < 4.78 is 11.2. The molecule has 0 amide bonds. The maximum Gasteiger partial charge on any atom is 0.142 e. The van der Waals surface area contributed by atoms with E-state index in [-0.39, 0.29) is 0 Å². The van der Waals surface area contributed by atoms with Gasteiger partial charge in [-0.1, -0.05) is 30.3 Å². The number of hydrogen-bond donors (Lipinski definition) is 0. The molecule has 2 aromatic rings. The summed E-state index contributed by atoms with van der Waals surface area (Å²) in [5.74, 6) is 1.96. The lowest BCUT2D eigenvalue weighted by Gasteiger charge is -2.36. The molecule has 0 bridgehead atoms. The second kappa shape index (κ2) is 8.06. The van der Waals surface area contributed by atoms with Gasteiger partial charge in [-0.05, 0) is 25.1 Å². The van der Waals surface area contributed by atoms with Gasteiger partial charge in [-0.3, -0.25) is 4.90 Å². The molecule has 0 radical (unpaired) electrons. The number of para-hydroxylation sites is 3. The van der Waals surface area contributed by atoms with E-state index in [9.17, 15) is 0 Å². The lowest BCUT2D eigenvalue weighted by atomic mass is 10.1. The molecule has 1 aliphatic rings. The molecule has 2 aromatic carbocycles. The van der Waals surface area contributed by atoms with E-state index in [1.807, 2.05) is 25.1 Å². The van der Waals surface area contributed by atoms with Crippen molar-refractivity contribution in [1.82, 2.24) is 4.90 Å². The highest BCUT2D eigenvalue weighted by molar-refractivity contribution is 5.58. The van der Waals surface area contributed by atoms with Crippen molar-refractivity contribution in [3.05, 3.63) is 54.1 Å². The number of piperazine rings is 1. The first-order valence-electron chi connectivity index (χ1n) is 8.63. The molecule has 1 heterocycles. The van der Waals surface area contributed by atoms with E-state index < -0.39 is 0 Å². The summed E-state index contributed by atoms with van der Waals surface area (Å²) >= 11 is 0. The van der Waals surface area contributed by atoms with E-state index in [4.69, 9.17) is 9.47 Å². The highest BCUT2D eigenvalue weighted by atomic mass is 16.5. The smallest absolute Gasteiger partial charge is 0.142 e. The van der Waals surface area contributed by atoms with Crippen LogP contribution in [0.25, 0.3) is 0 Å². The van der Waals surface area contributed by atoms with Gasteiger partial charge in [-0.2, -0.15) is 0 Å². The van der Waals surface area contributed by atoms with Crippen molar-refractivity contribution in [3.8, 4) is 11.5 Å². The summed E-state index contributed by atoms with van der Waals surface area (Å²) in [6.45, 7) is 7.77. The molecule has 0 aromatic heterocycles. The summed E-state index contributed by atoms with van der Waals surface area (Å²) in [5.41, 5.74) is 2.46. The van der Waals surface area contributed by atoms with Gasteiger partial charge in [-0.25, -0.2) is 0 Å². The van der Waals surface area contributed by atoms with Crippen LogP contribution < -0.4 is 14.4 Å². The quantitative estimate of drug-likeness (QED) is 0.812. The number of rotatable bonds is 6. The monoisotopic (exact) mass is 326 g/mol. The van der Waals surface area contributed by atoms with Crippen LogP contribution in [0.5, 0.6) is 11.5 Å². The maximum atomic E-state index is 5.77. The first-order valence-corrected chi connectivity index (χ1v) is 8.63. The topological polar surface area (TPSA) is 24.9 Å². The van der Waals surface area contributed by atoms with Crippen molar-refractivity contribution in [2.24, 2.45) is 0 Å². The number of methoxy groups -OCH3 is 1. The van der Waals surface area contributed by atoms with Gasteiger partial charge in [0.05, 0.1) is 19.4 Å². The molecule has 0 unspecified atom stereocenters. The zero-order valence-corrected chi connectivity index (χ0v) is 14.6. The molecule has 1 fully saturated rings. The second-order valence-corrected chi connectivity index (χ2v) is 5.98. The Morgan fingerprint density at radius 1 is 0.875 bits per heavy atom. The number of benzene rings is 2. The lowest BCUT2D eigenvalue weighted by molar-refractivity contribution is 0.245. The van der Waals surface area contributed by atoms with E-state index in [1.165, 1.54) is 11.3 Å². The Hall–Kier alpha value is -2.20. The molecule has 0 N–H and O–H groups in total. The highest BCUT2D eigenvalue weighted by Gasteiger charge is 2.20. The highest BCUT2D eigenvalue weighted by Crippen LogP contribution is 2.29. The average molecular weight is 326 g/mol. The van der Waals surface area contributed by atoms with Crippen LogP contribution in [-0.4, -0.2) is 44.8 Å². The predicted octanol–water partition coefficient (Wildman–Crippen LogP) is 3.42. The molecular formula is C20H26N2O2. The summed E-state index contributed by atoms with van der Waals surface area (Å²) in [5, 5.41) is 0. The molecule has 0 atom stereocenters. The Morgan fingerprint density at radius 2 is 1.54 bits per heavy atom. The minimum atomic E-state index is 0.699. The SMILES string of the molecule is CCOc1ccccc1N1CCN(Cc2ccccc2OC)CC1. The Balaban J connectivity index is 1.62. The van der Waals surface area contributed by atoms with Crippen LogP contribution >= 0.6 is 0 Å². The van der Waals surface area contributed by atoms with E-state index in [2.05, 4.69) is 40.1 Å². The second-order valence-electron chi connectivity index (χ2n) is 5.98. The van der Waals surface area contributed by atoms with Crippen molar-refractivity contribution >= 4 is 5.69 Å². The van der Waals surface area contributed by atoms with Crippen LogP contribution in [0.15, 0.2) is 48.5 Å².